The number of hydrogen-bond donors (Lipinski definition) is 3. The molecule has 0 aromatic carbocycles. The van der Waals surface area contributed by atoms with E-state index < -0.39 is 11.4 Å². The molecule has 0 aliphatic carbocycles. The number of nitrogens with zero attached hydrogens (tertiary/aromatic N) is 1. The van der Waals surface area contributed by atoms with Gasteiger partial charge in [0.2, 0.25) is 5.91 Å². The van der Waals surface area contributed by atoms with E-state index in [1.165, 1.54) is 0 Å². The lowest BCUT2D eigenvalue weighted by Gasteiger charge is -2.24. The van der Waals surface area contributed by atoms with E-state index in [1.807, 2.05) is 0 Å². The first-order chi connectivity index (χ1) is 8.34. The van der Waals surface area contributed by atoms with Crippen LogP contribution in [0.15, 0.2) is 18.3 Å². The van der Waals surface area contributed by atoms with Crippen molar-refractivity contribution in [2.75, 3.05) is 12.4 Å². The zero-order chi connectivity index (χ0) is 13.8. The molecule has 0 aliphatic rings. The molecule has 0 bridgehead atoms. The summed E-state index contributed by atoms with van der Waals surface area (Å²) < 4.78 is 0. The van der Waals surface area contributed by atoms with Gasteiger partial charge in [-0.2, -0.15) is 0 Å². The number of anilines is 1. The predicted molar refractivity (Wildman–Crippen MR) is 69.1 cm³/mol. The third-order valence-corrected chi connectivity index (χ3v) is 2.35. The van der Waals surface area contributed by atoms with E-state index >= 15 is 0 Å². The molecule has 0 atom stereocenters. The average molecular weight is 250 g/mol. The lowest BCUT2D eigenvalue weighted by atomic mass is 10.00. The Morgan fingerprint density at radius 2 is 2.11 bits per heavy atom. The minimum atomic E-state index is -0.694. The van der Waals surface area contributed by atoms with Crippen LogP contribution in [-0.4, -0.2) is 29.4 Å². The number of rotatable bonds is 5. The van der Waals surface area contributed by atoms with Crippen LogP contribution in [0.5, 0.6) is 0 Å². The molecule has 1 aromatic rings. The van der Waals surface area contributed by atoms with Crippen molar-refractivity contribution in [2.45, 2.75) is 25.8 Å². The van der Waals surface area contributed by atoms with Crippen molar-refractivity contribution < 1.29 is 9.59 Å². The summed E-state index contributed by atoms with van der Waals surface area (Å²) in [5.74, 6) is -0.796. The van der Waals surface area contributed by atoms with Crippen molar-refractivity contribution in [3.05, 3.63) is 24.0 Å². The number of carbonyl (C=O) groups excluding carboxylic acids is 2. The summed E-state index contributed by atoms with van der Waals surface area (Å²) in [5, 5.41) is 5.65. The molecule has 0 radical (unpaired) electrons. The summed E-state index contributed by atoms with van der Waals surface area (Å²) in [5.41, 5.74) is 5.51. The molecule has 18 heavy (non-hydrogen) atoms. The van der Waals surface area contributed by atoms with Crippen LogP contribution in [0.3, 0.4) is 0 Å². The first-order valence-corrected chi connectivity index (χ1v) is 5.59. The number of amides is 2. The molecule has 0 saturated carbocycles. The number of nitrogens with two attached hydrogens (primary N) is 1. The molecule has 98 valence electrons. The summed E-state index contributed by atoms with van der Waals surface area (Å²) in [4.78, 5) is 26.8. The SMILES string of the molecule is CNc1ccnc(C(=O)NC(C)(C)CC(N)=O)c1. The highest BCUT2D eigenvalue weighted by Gasteiger charge is 2.24. The van der Waals surface area contributed by atoms with Gasteiger partial charge in [-0.1, -0.05) is 0 Å². The number of pyridine rings is 1. The van der Waals surface area contributed by atoms with Crippen LogP contribution in [0.1, 0.15) is 30.8 Å². The van der Waals surface area contributed by atoms with Crippen LogP contribution >= 0.6 is 0 Å². The van der Waals surface area contributed by atoms with Crippen molar-refractivity contribution in [1.29, 1.82) is 0 Å². The topological polar surface area (TPSA) is 97.1 Å². The maximum atomic E-state index is 12.0. The minimum absolute atomic E-state index is 0.0739. The summed E-state index contributed by atoms with van der Waals surface area (Å²) in [7, 11) is 1.76. The fourth-order valence-corrected chi connectivity index (χ4v) is 1.56. The van der Waals surface area contributed by atoms with Crippen LogP contribution < -0.4 is 16.4 Å². The fourth-order valence-electron chi connectivity index (χ4n) is 1.56. The van der Waals surface area contributed by atoms with E-state index in [4.69, 9.17) is 5.73 Å². The Kier molecular flexibility index (Phi) is 4.25. The number of nitrogens with one attached hydrogen (secondary N) is 2. The van der Waals surface area contributed by atoms with Crippen LogP contribution in [0.2, 0.25) is 0 Å². The maximum Gasteiger partial charge on any atom is 0.270 e. The molecule has 0 aliphatic heterocycles. The molecule has 1 rings (SSSR count). The second-order valence-corrected chi connectivity index (χ2v) is 4.66. The highest BCUT2D eigenvalue weighted by Crippen LogP contribution is 2.11. The normalized spacial score (nSPS) is 10.8. The van der Waals surface area contributed by atoms with Gasteiger partial charge in [0.25, 0.3) is 5.91 Å². The van der Waals surface area contributed by atoms with Gasteiger partial charge in [0.1, 0.15) is 5.69 Å². The zero-order valence-electron chi connectivity index (χ0n) is 10.8. The Bertz CT molecular complexity index is 457. The fraction of sp³-hybridized carbons (Fsp3) is 0.417. The Labute approximate surface area is 106 Å². The van der Waals surface area contributed by atoms with E-state index in [0.29, 0.717) is 5.69 Å². The lowest BCUT2D eigenvalue weighted by Crippen LogP contribution is -2.46. The quantitative estimate of drug-likeness (QED) is 0.709. The highest BCUT2D eigenvalue weighted by atomic mass is 16.2. The van der Waals surface area contributed by atoms with Gasteiger partial charge in [-0.25, -0.2) is 0 Å². The van der Waals surface area contributed by atoms with Crippen LogP contribution in [0.25, 0.3) is 0 Å². The van der Waals surface area contributed by atoms with Gasteiger partial charge in [0.15, 0.2) is 0 Å². The van der Waals surface area contributed by atoms with Gasteiger partial charge in [-0.15, -0.1) is 0 Å². The van der Waals surface area contributed by atoms with E-state index in [1.54, 1.807) is 39.2 Å². The molecule has 2 amide bonds. The molecule has 0 unspecified atom stereocenters. The Morgan fingerprint density at radius 3 is 2.67 bits per heavy atom. The Hall–Kier alpha value is -2.11. The zero-order valence-corrected chi connectivity index (χ0v) is 10.8. The number of primary amides is 1. The van der Waals surface area contributed by atoms with Gasteiger partial charge < -0.3 is 16.4 Å². The molecule has 0 saturated heterocycles. The predicted octanol–water partition coefficient (Wildman–Crippen LogP) is 0.507. The second-order valence-electron chi connectivity index (χ2n) is 4.66. The summed E-state index contributed by atoms with van der Waals surface area (Å²) in [6.45, 7) is 3.47. The van der Waals surface area contributed by atoms with Gasteiger partial charge in [0, 0.05) is 30.9 Å². The van der Waals surface area contributed by atoms with Gasteiger partial charge in [0.05, 0.1) is 0 Å². The first kappa shape index (κ1) is 14.0. The van der Waals surface area contributed by atoms with E-state index in [9.17, 15) is 9.59 Å². The first-order valence-electron chi connectivity index (χ1n) is 5.59. The summed E-state index contributed by atoms with van der Waals surface area (Å²) in [6.07, 6.45) is 1.62. The smallest absolute Gasteiger partial charge is 0.270 e. The number of carbonyl (C=O) groups is 2. The molecule has 0 fully saturated rings. The van der Waals surface area contributed by atoms with Crippen molar-refractivity contribution in [1.82, 2.24) is 10.3 Å². The molecular weight excluding hydrogens is 232 g/mol. The maximum absolute atomic E-state index is 12.0. The molecule has 4 N–H and O–H groups in total. The second kappa shape index (κ2) is 5.48. The Balaban J connectivity index is 2.78. The van der Waals surface area contributed by atoms with E-state index in [0.717, 1.165) is 5.69 Å². The molecule has 0 spiro atoms. The highest BCUT2D eigenvalue weighted by molar-refractivity contribution is 5.94. The summed E-state index contributed by atoms with van der Waals surface area (Å²) in [6, 6.07) is 3.39. The monoisotopic (exact) mass is 250 g/mol. The van der Waals surface area contributed by atoms with Crippen LogP contribution in [0, 0.1) is 0 Å². The van der Waals surface area contributed by atoms with Crippen molar-refractivity contribution in [3.63, 3.8) is 0 Å². The third-order valence-electron chi connectivity index (χ3n) is 2.35. The van der Waals surface area contributed by atoms with E-state index in [-0.39, 0.29) is 12.3 Å². The van der Waals surface area contributed by atoms with Crippen molar-refractivity contribution in [3.8, 4) is 0 Å². The molecular formula is C12H18N4O2. The standard InChI is InChI=1S/C12H18N4O2/c1-12(2,7-10(13)17)16-11(18)9-6-8(14-3)4-5-15-9/h4-6H,7H2,1-3H3,(H2,13,17)(H,14,15)(H,16,18). The largest absolute Gasteiger partial charge is 0.388 e. The molecule has 6 nitrogen and oxygen atoms in total. The minimum Gasteiger partial charge on any atom is -0.388 e. The number of hydrogen-bond acceptors (Lipinski definition) is 4. The molecule has 1 aromatic heterocycles. The lowest BCUT2D eigenvalue weighted by molar-refractivity contribution is -0.119. The van der Waals surface area contributed by atoms with E-state index in [2.05, 4.69) is 15.6 Å². The summed E-state index contributed by atoms with van der Waals surface area (Å²) >= 11 is 0. The van der Waals surface area contributed by atoms with Crippen molar-refractivity contribution in [2.24, 2.45) is 5.73 Å². The van der Waals surface area contributed by atoms with Gasteiger partial charge >= 0.3 is 0 Å². The van der Waals surface area contributed by atoms with Gasteiger partial charge in [-0.05, 0) is 26.0 Å². The Morgan fingerprint density at radius 1 is 1.44 bits per heavy atom. The number of aromatic nitrogens is 1. The molecule has 6 heteroatoms. The average Bonchev–Trinajstić information content (AvgIpc) is 2.26. The van der Waals surface area contributed by atoms with Gasteiger partial charge in [-0.3, -0.25) is 14.6 Å². The molecule has 1 heterocycles. The van der Waals surface area contributed by atoms with Crippen molar-refractivity contribution >= 4 is 17.5 Å². The van der Waals surface area contributed by atoms with Crippen LogP contribution in [-0.2, 0) is 4.79 Å². The van der Waals surface area contributed by atoms with Crippen LogP contribution in [0.4, 0.5) is 5.69 Å². The third kappa shape index (κ3) is 4.04.